The van der Waals surface area contributed by atoms with Gasteiger partial charge >= 0.3 is 0 Å². The molecule has 0 aliphatic carbocycles. The van der Waals surface area contributed by atoms with Gasteiger partial charge in [-0.15, -0.1) is 21.5 Å². The molecule has 1 N–H and O–H groups in total. The highest BCUT2D eigenvalue weighted by molar-refractivity contribution is 7.99. The average Bonchev–Trinajstić information content (AvgIpc) is 3.46. The maximum atomic E-state index is 12.9. The first-order valence-electron chi connectivity index (χ1n) is 11.8. The van der Waals surface area contributed by atoms with E-state index >= 15 is 0 Å². The molecule has 2 aromatic heterocycles. The second-order valence-electron chi connectivity index (χ2n) is 8.52. The quantitative estimate of drug-likeness (QED) is 0.318. The van der Waals surface area contributed by atoms with Crippen molar-refractivity contribution < 1.29 is 9.59 Å². The molecule has 4 rings (SSSR count). The molecule has 3 aromatic rings. The van der Waals surface area contributed by atoms with Gasteiger partial charge in [-0.05, 0) is 50.0 Å². The Balaban J connectivity index is 1.41. The van der Waals surface area contributed by atoms with Crippen LogP contribution in [-0.4, -0.2) is 56.7 Å². The molecule has 1 aliphatic rings. The maximum Gasteiger partial charge on any atom is 0.216 e. The van der Waals surface area contributed by atoms with Crippen LogP contribution in [0.5, 0.6) is 0 Å². The van der Waals surface area contributed by atoms with Crippen LogP contribution in [-0.2, 0) is 24.3 Å². The summed E-state index contributed by atoms with van der Waals surface area (Å²) in [6, 6.07) is 14.2. The number of rotatable bonds is 11. The van der Waals surface area contributed by atoms with E-state index in [2.05, 4.69) is 37.1 Å². The highest BCUT2D eigenvalue weighted by Crippen LogP contribution is 2.24. The van der Waals surface area contributed by atoms with Gasteiger partial charge in [0.1, 0.15) is 5.82 Å². The summed E-state index contributed by atoms with van der Waals surface area (Å²) in [5, 5.41) is 12.6. The van der Waals surface area contributed by atoms with E-state index in [0.29, 0.717) is 18.8 Å². The highest BCUT2D eigenvalue weighted by Gasteiger charge is 2.19. The lowest BCUT2D eigenvalue weighted by Crippen LogP contribution is -2.30. The summed E-state index contributed by atoms with van der Waals surface area (Å²) in [6.45, 7) is 5.77. The smallest absolute Gasteiger partial charge is 0.216 e. The number of thioether (sulfide) groups is 1. The van der Waals surface area contributed by atoms with Crippen LogP contribution in [0.1, 0.15) is 52.1 Å². The van der Waals surface area contributed by atoms with Crippen LogP contribution in [0.2, 0.25) is 0 Å². The Morgan fingerprint density at radius 1 is 1.03 bits per heavy atom. The minimum atomic E-state index is -0.0384. The number of Topliss-reactive ketones (excluding diaryl/α,β-unsaturated/α-hetero) is 1. The lowest BCUT2D eigenvalue weighted by atomic mass is 10.1. The van der Waals surface area contributed by atoms with Crippen molar-refractivity contribution in [1.29, 1.82) is 0 Å². The molecule has 1 saturated heterocycles. The summed E-state index contributed by atoms with van der Waals surface area (Å²) >= 11 is 2.95. The number of piperidine rings is 1. The van der Waals surface area contributed by atoms with Crippen LogP contribution in [0.15, 0.2) is 47.6 Å². The second kappa shape index (κ2) is 12.3. The molecule has 34 heavy (non-hydrogen) atoms. The molecular weight excluding hydrogens is 466 g/mol. The third kappa shape index (κ3) is 7.01. The van der Waals surface area contributed by atoms with E-state index in [4.69, 9.17) is 0 Å². The van der Waals surface area contributed by atoms with Crippen molar-refractivity contribution in [3.63, 3.8) is 0 Å². The Bertz CT molecular complexity index is 1090. The molecule has 1 aromatic carbocycles. The first kappa shape index (κ1) is 24.6. The average molecular weight is 498 g/mol. The maximum absolute atomic E-state index is 12.9. The molecule has 1 aliphatic heterocycles. The van der Waals surface area contributed by atoms with Gasteiger partial charge in [-0.2, -0.15) is 0 Å². The van der Waals surface area contributed by atoms with Crippen molar-refractivity contribution in [2.45, 2.75) is 50.9 Å². The SMILES string of the molecule is CC(=O)NCCc1ccc(C(=O)CSc2nnc(CN3CCCCC3)n2Cc2ccccc2)s1. The van der Waals surface area contributed by atoms with E-state index in [9.17, 15) is 9.59 Å². The van der Waals surface area contributed by atoms with E-state index < -0.39 is 0 Å². The number of benzene rings is 1. The van der Waals surface area contributed by atoms with Gasteiger partial charge in [0.05, 0.1) is 23.7 Å². The topological polar surface area (TPSA) is 80.1 Å². The molecule has 0 unspecified atom stereocenters. The minimum absolute atomic E-state index is 0.0384. The molecule has 0 spiro atoms. The Morgan fingerprint density at radius 3 is 2.59 bits per heavy atom. The van der Waals surface area contributed by atoms with Crippen LogP contribution in [0.4, 0.5) is 0 Å². The van der Waals surface area contributed by atoms with Crippen molar-refractivity contribution in [2.75, 3.05) is 25.4 Å². The number of thiophene rings is 1. The Kier molecular flexibility index (Phi) is 8.90. The van der Waals surface area contributed by atoms with Crippen LogP contribution in [0.3, 0.4) is 0 Å². The van der Waals surface area contributed by atoms with Gasteiger partial charge in [-0.3, -0.25) is 14.5 Å². The van der Waals surface area contributed by atoms with Crippen molar-refractivity contribution in [2.24, 2.45) is 0 Å². The number of aromatic nitrogens is 3. The predicted molar refractivity (Wildman–Crippen MR) is 136 cm³/mol. The molecule has 180 valence electrons. The van der Waals surface area contributed by atoms with E-state index in [1.165, 1.54) is 54.8 Å². The Morgan fingerprint density at radius 2 is 1.82 bits per heavy atom. The van der Waals surface area contributed by atoms with Gasteiger partial charge in [0.15, 0.2) is 10.9 Å². The molecule has 1 amide bonds. The fourth-order valence-corrected chi connectivity index (χ4v) is 5.89. The van der Waals surface area contributed by atoms with Crippen LogP contribution in [0, 0.1) is 0 Å². The van der Waals surface area contributed by atoms with E-state index in [0.717, 1.165) is 46.8 Å². The van der Waals surface area contributed by atoms with Crippen molar-refractivity contribution in [3.05, 3.63) is 63.6 Å². The number of amides is 1. The molecule has 1 fully saturated rings. The molecule has 3 heterocycles. The van der Waals surface area contributed by atoms with Crippen molar-refractivity contribution >= 4 is 34.8 Å². The predicted octanol–water partition coefficient (Wildman–Crippen LogP) is 4.03. The number of ketones is 1. The standard InChI is InChI=1S/C25H31N5O2S2/c1-19(31)26-13-12-21-10-11-23(34-21)22(32)18-33-25-28-27-24(17-29-14-6-3-7-15-29)30(25)16-20-8-4-2-5-9-20/h2,4-5,8-11H,3,6-7,12-18H2,1H3,(H,26,31). The number of hydrogen-bond acceptors (Lipinski definition) is 7. The Labute approximate surface area is 209 Å². The van der Waals surface area contributed by atoms with Gasteiger partial charge in [0, 0.05) is 18.3 Å². The van der Waals surface area contributed by atoms with Gasteiger partial charge in [-0.25, -0.2) is 0 Å². The molecule has 9 heteroatoms. The van der Waals surface area contributed by atoms with Gasteiger partial charge in [-0.1, -0.05) is 48.5 Å². The number of carbonyl (C=O) groups excluding carboxylic acids is 2. The van der Waals surface area contributed by atoms with Crippen LogP contribution >= 0.6 is 23.1 Å². The number of hydrogen-bond donors (Lipinski definition) is 1. The summed E-state index contributed by atoms with van der Waals surface area (Å²) in [4.78, 5) is 28.2. The summed E-state index contributed by atoms with van der Waals surface area (Å²) in [6.07, 6.45) is 4.50. The highest BCUT2D eigenvalue weighted by atomic mass is 32.2. The lowest BCUT2D eigenvalue weighted by molar-refractivity contribution is -0.118. The van der Waals surface area contributed by atoms with E-state index in [-0.39, 0.29) is 11.7 Å². The number of carbonyl (C=O) groups is 2. The van der Waals surface area contributed by atoms with E-state index in [1.54, 1.807) is 0 Å². The molecule has 0 saturated carbocycles. The van der Waals surface area contributed by atoms with Gasteiger partial charge in [0.2, 0.25) is 5.91 Å². The lowest BCUT2D eigenvalue weighted by Gasteiger charge is -2.26. The zero-order valence-corrected chi connectivity index (χ0v) is 21.2. The Hall–Kier alpha value is -2.49. The summed E-state index contributed by atoms with van der Waals surface area (Å²) in [5.41, 5.74) is 1.19. The summed E-state index contributed by atoms with van der Waals surface area (Å²) in [7, 11) is 0. The van der Waals surface area contributed by atoms with Crippen LogP contribution < -0.4 is 5.32 Å². The fraction of sp³-hybridized carbons (Fsp3) is 0.440. The van der Waals surface area contributed by atoms with E-state index in [1.807, 2.05) is 30.3 Å². The first-order chi connectivity index (χ1) is 16.6. The zero-order chi connectivity index (χ0) is 23.8. The third-order valence-corrected chi connectivity index (χ3v) is 7.96. The normalized spacial score (nSPS) is 14.3. The van der Waals surface area contributed by atoms with Gasteiger partial charge in [0.25, 0.3) is 0 Å². The van der Waals surface area contributed by atoms with Crippen molar-refractivity contribution in [1.82, 2.24) is 25.0 Å². The largest absolute Gasteiger partial charge is 0.356 e. The molecule has 0 radical (unpaired) electrons. The monoisotopic (exact) mass is 497 g/mol. The first-order valence-corrected chi connectivity index (χ1v) is 13.6. The zero-order valence-electron chi connectivity index (χ0n) is 19.5. The number of nitrogens with one attached hydrogen (secondary N) is 1. The summed E-state index contributed by atoms with van der Waals surface area (Å²) in [5.74, 6) is 1.33. The van der Waals surface area contributed by atoms with Crippen molar-refractivity contribution in [3.8, 4) is 0 Å². The minimum Gasteiger partial charge on any atom is -0.356 e. The number of nitrogens with zero attached hydrogens (tertiary/aromatic N) is 4. The molecule has 0 atom stereocenters. The number of likely N-dealkylation sites (tertiary alicyclic amines) is 1. The third-order valence-electron chi connectivity index (χ3n) is 5.80. The molecule has 0 bridgehead atoms. The molecule has 7 nitrogen and oxygen atoms in total. The van der Waals surface area contributed by atoms with Gasteiger partial charge < -0.3 is 9.88 Å². The fourth-order valence-electron chi connectivity index (χ4n) is 4.01. The summed E-state index contributed by atoms with van der Waals surface area (Å²) < 4.78 is 2.16. The van der Waals surface area contributed by atoms with Crippen LogP contribution in [0.25, 0.3) is 0 Å². The molecular formula is C25H31N5O2S2. The second-order valence-corrected chi connectivity index (χ2v) is 10.6.